The van der Waals surface area contributed by atoms with Crippen LogP contribution < -0.4 is 0 Å². The molecular weight excluding hydrogens is 170 g/mol. The predicted octanol–water partition coefficient (Wildman–Crippen LogP) is 2.48. The summed E-state index contributed by atoms with van der Waals surface area (Å²) in [6.07, 6.45) is 5.92. The van der Waals surface area contributed by atoms with Gasteiger partial charge in [0, 0.05) is 0 Å². The van der Waals surface area contributed by atoms with Crippen LogP contribution in [-0.2, 0) is 9.57 Å². The normalized spacial score (nSPS) is 17.5. The van der Waals surface area contributed by atoms with Gasteiger partial charge in [0.15, 0.2) is 0 Å². The average molecular weight is 185 g/mol. The van der Waals surface area contributed by atoms with Crippen molar-refractivity contribution < 1.29 is 14.4 Å². The molecule has 0 aromatic carbocycles. The maximum Gasteiger partial charge on any atom is 0.534 e. The third-order valence-corrected chi connectivity index (χ3v) is 2.10. The largest absolute Gasteiger partial charge is 0.534 e. The second-order valence-corrected chi connectivity index (χ2v) is 3.12. The van der Waals surface area contributed by atoms with E-state index in [0.29, 0.717) is 0 Å². The van der Waals surface area contributed by atoms with E-state index in [1.165, 1.54) is 20.0 Å². The van der Waals surface area contributed by atoms with Crippen LogP contribution in [0.25, 0.3) is 0 Å². The molecule has 0 unspecified atom stereocenters. The number of hydrogen-bond acceptors (Lipinski definition) is 4. The van der Waals surface area contributed by atoms with E-state index in [1.807, 2.05) is 0 Å². The number of ether oxygens (including phenoxy) is 1. The van der Waals surface area contributed by atoms with Crippen molar-refractivity contribution in [2.75, 3.05) is 7.11 Å². The molecule has 0 spiro atoms. The fraction of sp³-hybridized carbons (Fsp3) is 0.778. The van der Waals surface area contributed by atoms with Gasteiger partial charge in [0.2, 0.25) is 0 Å². The van der Waals surface area contributed by atoms with Crippen molar-refractivity contribution in [3.8, 4) is 0 Å². The summed E-state index contributed by atoms with van der Waals surface area (Å²) in [6, 6.07) is 0. The zero-order valence-electron chi connectivity index (χ0n) is 7.91. The Hall–Kier alpha value is -1.06. The highest BCUT2D eigenvalue weighted by atomic mass is 16.8. The van der Waals surface area contributed by atoms with Crippen molar-refractivity contribution in [2.45, 2.75) is 38.5 Å². The lowest BCUT2D eigenvalue weighted by Crippen LogP contribution is -2.03. The van der Waals surface area contributed by atoms with E-state index >= 15 is 0 Å². The first-order valence-corrected chi connectivity index (χ1v) is 4.63. The van der Waals surface area contributed by atoms with Crippen molar-refractivity contribution in [2.24, 2.45) is 5.16 Å². The van der Waals surface area contributed by atoms with Gasteiger partial charge in [-0.25, -0.2) is 4.79 Å². The van der Waals surface area contributed by atoms with Crippen LogP contribution in [0.1, 0.15) is 38.5 Å². The highest BCUT2D eigenvalue weighted by molar-refractivity contribution is 5.84. The molecule has 13 heavy (non-hydrogen) atoms. The van der Waals surface area contributed by atoms with Crippen molar-refractivity contribution in [3.63, 3.8) is 0 Å². The molecule has 4 nitrogen and oxygen atoms in total. The molecule has 0 N–H and O–H groups in total. The third-order valence-electron chi connectivity index (χ3n) is 2.10. The highest BCUT2D eigenvalue weighted by Gasteiger charge is 2.07. The van der Waals surface area contributed by atoms with Gasteiger partial charge >= 0.3 is 6.16 Å². The Morgan fingerprint density at radius 2 is 1.85 bits per heavy atom. The molecule has 0 saturated heterocycles. The molecule has 0 heterocycles. The molecule has 1 rings (SSSR count). The molecule has 4 heteroatoms. The number of carbonyl (C=O) groups excluding carboxylic acids is 1. The summed E-state index contributed by atoms with van der Waals surface area (Å²) in [5.74, 6) is 0. The molecule has 1 saturated carbocycles. The number of nitrogens with zero attached hydrogens (tertiary/aromatic N) is 1. The average Bonchev–Trinajstić information content (AvgIpc) is 2.42. The fourth-order valence-electron chi connectivity index (χ4n) is 1.37. The van der Waals surface area contributed by atoms with E-state index < -0.39 is 6.16 Å². The number of oxime groups is 1. The van der Waals surface area contributed by atoms with Gasteiger partial charge in [0.25, 0.3) is 0 Å². The van der Waals surface area contributed by atoms with Crippen LogP contribution in [0.5, 0.6) is 0 Å². The Morgan fingerprint density at radius 1 is 1.23 bits per heavy atom. The van der Waals surface area contributed by atoms with Gasteiger partial charge in [-0.15, -0.1) is 0 Å². The summed E-state index contributed by atoms with van der Waals surface area (Å²) < 4.78 is 4.30. The zero-order valence-corrected chi connectivity index (χ0v) is 7.91. The van der Waals surface area contributed by atoms with E-state index in [2.05, 4.69) is 14.7 Å². The lowest BCUT2D eigenvalue weighted by atomic mass is 10.2. The van der Waals surface area contributed by atoms with Crippen LogP contribution in [0.15, 0.2) is 5.16 Å². The standard InChI is InChI=1S/C9H15NO3/c1-12-9(11)13-10-8-6-4-2-3-5-7-8/h2-7H2,1H3. The van der Waals surface area contributed by atoms with Crippen LogP contribution in [0.2, 0.25) is 0 Å². The molecule has 1 fully saturated rings. The van der Waals surface area contributed by atoms with Crippen molar-refractivity contribution >= 4 is 11.9 Å². The Labute approximate surface area is 77.9 Å². The highest BCUT2D eigenvalue weighted by Crippen LogP contribution is 2.14. The summed E-state index contributed by atoms with van der Waals surface area (Å²) in [7, 11) is 1.27. The Bertz CT molecular complexity index is 191. The van der Waals surface area contributed by atoms with Gasteiger partial charge in [-0.1, -0.05) is 18.0 Å². The second kappa shape index (κ2) is 5.56. The first kappa shape index (κ1) is 10.0. The van der Waals surface area contributed by atoms with Crippen molar-refractivity contribution in [1.82, 2.24) is 0 Å². The molecule has 1 aliphatic carbocycles. The first-order chi connectivity index (χ1) is 6.33. The Morgan fingerprint density at radius 3 is 2.38 bits per heavy atom. The molecule has 0 bridgehead atoms. The number of hydrogen-bond donors (Lipinski definition) is 0. The van der Waals surface area contributed by atoms with Gasteiger partial charge in [0.1, 0.15) is 0 Å². The molecular formula is C9H15NO3. The van der Waals surface area contributed by atoms with Gasteiger partial charge < -0.3 is 4.74 Å². The molecule has 0 aromatic heterocycles. The zero-order chi connectivity index (χ0) is 9.52. The van der Waals surface area contributed by atoms with Gasteiger partial charge in [-0.05, 0) is 25.7 Å². The predicted molar refractivity (Wildman–Crippen MR) is 48.6 cm³/mol. The van der Waals surface area contributed by atoms with Crippen LogP contribution in [0, 0.1) is 0 Å². The minimum atomic E-state index is -0.739. The number of carbonyl (C=O) groups is 1. The second-order valence-electron chi connectivity index (χ2n) is 3.12. The minimum Gasteiger partial charge on any atom is -0.436 e. The van der Waals surface area contributed by atoms with Gasteiger partial charge in [-0.2, -0.15) is 0 Å². The summed E-state index contributed by atoms with van der Waals surface area (Å²) in [4.78, 5) is 15.1. The SMILES string of the molecule is COC(=O)ON=C1CCCCCC1. The number of rotatable bonds is 1. The Kier molecular flexibility index (Phi) is 4.29. The van der Waals surface area contributed by atoms with E-state index in [9.17, 15) is 4.79 Å². The Balaban J connectivity index is 2.34. The molecule has 0 amide bonds. The van der Waals surface area contributed by atoms with Crippen molar-refractivity contribution in [1.29, 1.82) is 0 Å². The van der Waals surface area contributed by atoms with Crippen LogP contribution in [0.3, 0.4) is 0 Å². The quantitative estimate of drug-likeness (QED) is 0.273. The van der Waals surface area contributed by atoms with E-state index in [0.717, 1.165) is 31.4 Å². The summed E-state index contributed by atoms with van der Waals surface area (Å²) >= 11 is 0. The van der Waals surface area contributed by atoms with Crippen molar-refractivity contribution in [3.05, 3.63) is 0 Å². The number of methoxy groups -OCH3 is 1. The first-order valence-electron chi connectivity index (χ1n) is 4.63. The summed E-state index contributed by atoms with van der Waals surface area (Å²) in [6.45, 7) is 0. The van der Waals surface area contributed by atoms with E-state index in [-0.39, 0.29) is 0 Å². The van der Waals surface area contributed by atoms with Gasteiger partial charge in [0.05, 0.1) is 12.8 Å². The maximum absolute atomic E-state index is 10.6. The third kappa shape index (κ3) is 3.92. The maximum atomic E-state index is 10.6. The molecule has 0 atom stereocenters. The lowest BCUT2D eigenvalue weighted by Gasteiger charge is -1.99. The van der Waals surface area contributed by atoms with Crippen LogP contribution in [0.4, 0.5) is 4.79 Å². The van der Waals surface area contributed by atoms with Gasteiger partial charge in [-0.3, -0.25) is 4.84 Å². The lowest BCUT2D eigenvalue weighted by molar-refractivity contribution is 0.0749. The fourth-order valence-corrected chi connectivity index (χ4v) is 1.37. The van der Waals surface area contributed by atoms with E-state index in [1.54, 1.807) is 0 Å². The smallest absolute Gasteiger partial charge is 0.436 e. The van der Waals surface area contributed by atoms with Crippen LogP contribution >= 0.6 is 0 Å². The molecule has 1 aliphatic rings. The van der Waals surface area contributed by atoms with Crippen LogP contribution in [-0.4, -0.2) is 19.0 Å². The molecule has 0 radical (unpaired) electrons. The summed E-state index contributed by atoms with van der Waals surface area (Å²) in [5.41, 5.74) is 0.975. The molecule has 0 aromatic rings. The molecule has 0 aliphatic heterocycles. The summed E-state index contributed by atoms with van der Waals surface area (Å²) in [5, 5.41) is 3.76. The monoisotopic (exact) mass is 185 g/mol. The topological polar surface area (TPSA) is 47.9 Å². The van der Waals surface area contributed by atoms with E-state index in [4.69, 9.17) is 0 Å². The molecule has 74 valence electrons. The minimum absolute atomic E-state index is 0.739.